The molecule has 20 heteroatoms. The number of anilines is 2. The number of primary amides is 1. The molecule has 1 aliphatic carbocycles. The molecule has 0 aromatic heterocycles. The Bertz CT molecular complexity index is 2730. The predicted molar refractivity (Wildman–Crippen MR) is 310 cm³/mol. The zero-order valence-corrected chi connectivity index (χ0v) is 50.0. The van der Waals surface area contributed by atoms with Gasteiger partial charge in [0.15, 0.2) is 5.78 Å². The Balaban J connectivity index is 1.15. The van der Waals surface area contributed by atoms with Gasteiger partial charge in [-0.1, -0.05) is 87.6 Å². The highest BCUT2D eigenvalue weighted by Crippen LogP contribution is 2.50. The number of rotatable bonds is 24. The van der Waals surface area contributed by atoms with Gasteiger partial charge in [0.1, 0.15) is 51.9 Å². The van der Waals surface area contributed by atoms with Crippen molar-refractivity contribution in [2.75, 3.05) is 38.0 Å². The molecule has 2 aromatic carbocycles. The van der Waals surface area contributed by atoms with Crippen molar-refractivity contribution in [1.29, 1.82) is 0 Å². The number of unbranched alkanes of at least 4 members (excludes halogenated alkanes) is 3. The van der Waals surface area contributed by atoms with Gasteiger partial charge in [-0.05, 0) is 107 Å². The number of fused-ring (bicyclic) bond motifs is 5. The summed E-state index contributed by atoms with van der Waals surface area (Å²) in [6.07, 6.45) is 8.18. The lowest BCUT2D eigenvalue weighted by atomic mass is 9.78. The minimum atomic E-state index is -1.63. The van der Waals surface area contributed by atoms with E-state index in [4.69, 9.17) is 41.0 Å². The summed E-state index contributed by atoms with van der Waals surface area (Å²) in [6, 6.07) is 6.89. The largest absolute Gasteiger partial charge is 0.495 e. The number of urea groups is 1. The maximum Gasteiger partial charge on any atom is 0.412 e. The van der Waals surface area contributed by atoms with E-state index in [2.05, 4.69) is 16.0 Å². The van der Waals surface area contributed by atoms with Crippen LogP contribution in [0.15, 0.2) is 54.1 Å². The van der Waals surface area contributed by atoms with E-state index in [1.165, 1.54) is 19.1 Å². The van der Waals surface area contributed by atoms with Crippen LogP contribution in [0.4, 0.5) is 21.0 Å². The number of benzene rings is 2. The van der Waals surface area contributed by atoms with Crippen molar-refractivity contribution in [1.82, 2.24) is 10.6 Å². The number of nitrogens with one attached hydrogen (secondary N) is 3. The van der Waals surface area contributed by atoms with E-state index in [0.29, 0.717) is 66.1 Å². The smallest absolute Gasteiger partial charge is 0.412 e. The predicted octanol–water partition coefficient (Wildman–Crippen LogP) is 8.92. The SMILES string of the molecule is COc1cc2cc(c1Cl)N(C)C(=O)C[C@H](OC(=O)Nc1ccc(CC(=O)[C@H](CCCNC(N)=O)NC(=O)[C@@H](CC(=O)CCCCCCC(=O)C3CCC3)C(C)C)cc1C)[C@]1(C)O[C@H]1[C@H](C)[C@@H]1C[C@@](O)(CC(=O)O1)[C@H](OC)/C=C/C=C(\C)C2. The second-order valence-corrected chi connectivity index (χ2v) is 23.9. The number of aryl methyl sites for hydroxylation is 1. The third-order valence-corrected chi connectivity index (χ3v) is 17.2. The summed E-state index contributed by atoms with van der Waals surface area (Å²) in [6.45, 7) is 11.1. The average molecular weight is 1160 g/mol. The summed E-state index contributed by atoms with van der Waals surface area (Å²) in [5.74, 6) is -2.37. The molecule has 2 saturated heterocycles. The third kappa shape index (κ3) is 17.5. The van der Waals surface area contributed by atoms with Crippen LogP contribution in [0.25, 0.3) is 0 Å². The molecule has 6 N–H and O–H groups in total. The van der Waals surface area contributed by atoms with Crippen LogP contribution in [-0.4, -0.2) is 122 Å². The van der Waals surface area contributed by atoms with Crippen molar-refractivity contribution in [3.63, 3.8) is 0 Å². The van der Waals surface area contributed by atoms with Crippen molar-refractivity contribution in [3.05, 3.63) is 75.8 Å². The molecule has 1 saturated carbocycles. The average Bonchev–Trinajstić information content (AvgIpc) is 1.95. The summed E-state index contributed by atoms with van der Waals surface area (Å²) in [5.41, 5.74) is 5.91. The number of epoxide rings is 1. The van der Waals surface area contributed by atoms with E-state index in [9.17, 15) is 43.5 Å². The van der Waals surface area contributed by atoms with Gasteiger partial charge in [-0.3, -0.25) is 34.1 Å². The summed E-state index contributed by atoms with van der Waals surface area (Å²) >= 11 is 6.86. The molecule has 5 amide bonds. The maximum atomic E-state index is 14.5. The first kappa shape index (κ1) is 65.0. The molecule has 450 valence electrons. The number of aliphatic hydroxyl groups is 1. The van der Waals surface area contributed by atoms with Gasteiger partial charge in [0, 0.05) is 76.2 Å². The number of ether oxygens (including phenoxy) is 5. The Kier molecular flexibility index (Phi) is 23.3. The summed E-state index contributed by atoms with van der Waals surface area (Å²) < 4.78 is 29.7. The molecular weight excluding hydrogens is 1070 g/mol. The fourth-order valence-corrected chi connectivity index (χ4v) is 11.7. The second kappa shape index (κ2) is 29.4. The zero-order chi connectivity index (χ0) is 60.1. The van der Waals surface area contributed by atoms with Crippen LogP contribution in [0.5, 0.6) is 5.75 Å². The first-order valence-electron chi connectivity index (χ1n) is 28.9. The Hall–Kier alpha value is -6.15. The summed E-state index contributed by atoms with van der Waals surface area (Å²) in [7, 11) is 4.50. The lowest BCUT2D eigenvalue weighted by Crippen LogP contribution is -2.53. The second-order valence-electron chi connectivity index (χ2n) is 23.5. The number of hydrogen-bond acceptors (Lipinski definition) is 14. The van der Waals surface area contributed by atoms with Crippen molar-refractivity contribution < 1.29 is 67.1 Å². The normalized spacial score (nSPS) is 25.7. The van der Waals surface area contributed by atoms with Gasteiger partial charge in [-0.2, -0.15) is 0 Å². The molecule has 82 heavy (non-hydrogen) atoms. The van der Waals surface area contributed by atoms with Crippen LogP contribution in [-0.2, 0) is 60.6 Å². The number of carbonyl (C=O) groups excluding carboxylic acids is 8. The molecule has 3 aliphatic heterocycles. The Morgan fingerprint density at radius 3 is 2.35 bits per heavy atom. The quantitative estimate of drug-likeness (QED) is 0.0373. The van der Waals surface area contributed by atoms with Gasteiger partial charge in [0.25, 0.3) is 0 Å². The number of Topliss-reactive ketones (excluding diaryl/α,β-unsaturated/α-hetero) is 3. The molecule has 6 rings (SSSR count). The van der Waals surface area contributed by atoms with E-state index in [-0.39, 0.29) is 73.5 Å². The van der Waals surface area contributed by atoms with Gasteiger partial charge >= 0.3 is 18.1 Å². The number of nitrogens with two attached hydrogens (primary N) is 1. The van der Waals surface area contributed by atoms with Crippen molar-refractivity contribution in [3.8, 4) is 5.75 Å². The number of allylic oxidation sites excluding steroid dienone is 3. The van der Waals surface area contributed by atoms with Crippen molar-refractivity contribution in [2.24, 2.45) is 29.4 Å². The Labute approximate surface area is 487 Å². The number of nitrogens with zero attached hydrogens (tertiary/aromatic N) is 1. The number of halogens is 1. The molecular formula is C62H86ClN5O14. The lowest BCUT2D eigenvalue weighted by Gasteiger charge is -2.41. The van der Waals surface area contributed by atoms with Crippen LogP contribution < -0.4 is 31.3 Å². The van der Waals surface area contributed by atoms with E-state index in [1.54, 1.807) is 70.3 Å². The van der Waals surface area contributed by atoms with Crippen LogP contribution in [0.3, 0.4) is 0 Å². The number of methoxy groups -OCH3 is 2. The van der Waals surface area contributed by atoms with Crippen LogP contribution >= 0.6 is 11.6 Å². The summed E-state index contributed by atoms with van der Waals surface area (Å²) in [4.78, 5) is 108. The highest BCUT2D eigenvalue weighted by Gasteiger charge is 2.64. The zero-order valence-electron chi connectivity index (χ0n) is 49.2. The fraction of sp³-hybridized carbons (Fsp3) is 0.613. The van der Waals surface area contributed by atoms with E-state index < -0.39 is 83.4 Å². The first-order chi connectivity index (χ1) is 38.9. The molecule has 4 aliphatic rings. The van der Waals surface area contributed by atoms with Crippen LogP contribution in [0.1, 0.15) is 148 Å². The van der Waals surface area contributed by atoms with Crippen molar-refractivity contribution >= 4 is 70.2 Å². The highest BCUT2D eigenvalue weighted by atomic mass is 35.5. The standard InChI is InChI=1S/C62H86ClN5O14/c1-36(2)44(32-43(69)20-12-10-11-13-22-48(70)42-18-15-19-42)58(74)66-46(21-16-26-65-59(64)75)49(71)30-40-24-25-45(38(4)28-40)67-60(76)81-53-33-54(72)68(7)47-29-41(31-50(78-8)56(47)63)27-37(3)17-14-23-52(79-9)62(77)34-51(80-55(73)35-62)39(5)57-61(53,6)82-57/h14,17,23-25,28-29,31,36,39,42,44,46,51-53,57,77H,10-13,15-16,18-22,26-27,30,32-35H2,1-9H3,(H,66,74)(H,67,76)(H3,64,65,75)/b23-14+,37-17+/t39-,44+,46+,51+,52-,53+,57+,61+,62-/m1/s1. The van der Waals surface area contributed by atoms with Gasteiger partial charge in [0.05, 0.1) is 37.8 Å². The molecule has 3 fully saturated rings. The van der Waals surface area contributed by atoms with E-state index in [0.717, 1.165) is 49.7 Å². The number of ketones is 3. The molecule has 0 spiro atoms. The topological polar surface area (TPSA) is 272 Å². The third-order valence-electron chi connectivity index (χ3n) is 16.8. The van der Waals surface area contributed by atoms with Crippen LogP contribution in [0, 0.1) is 30.6 Å². The lowest BCUT2D eigenvalue weighted by molar-refractivity contribution is -0.187. The first-order valence-corrected chi connectivity index (χ1v) is 29.3. The number of hydrogen-bond donors (Lipinski definition) is 5. The van der Waals surface area contributed by atoms with Gasteiger partial charge < -0.3 is 50.1 Å². The van der Waals surface area contributed by atoms with Crippen molar-refractivity contribution in [2.45, 2.75) is 192 Å². The molecule has 9 atom stereocenters. The summed E-state index contributed by atoms with van der Waals surface area (Å²) in [5, 5.41) is 20.4. The highest BCUT2D eigenvalue weighted by molar-refractivity contribution is 6.35. The minimum absolute atomic E-state index is 0.0119. The number of amides is 5. The van der Waals surface area contributed by atoms with Gasteiger partial charge in [-0.15, -0.1) is 0 Å². The van der Waals surface area contributed by atoms with Gasteiger partial charge in [0.2, 0.25) is 11.8 Å². The molecule has 0 radical (unpaired) electrons. The molecule has 4 bridgehead atoms. The Morgan fingerprint density at radius 1 is 0.988 bits per heavy atom. The number of esters is 1. The van der Waals surface area contributed by atoms with E-state index in [1.807, 2.05) is 26.8 Å². The van der Waals surface area contributed by atoms with Crippen LogP contribution in [0.2, 0.25) is 5.02 Å². The molecule has 0 unspecified atom stereocenters. The Morgan fingerprint density at radius 2 is 1.71 bits per heavy atom. The number of carbonyl (C=O) groups is 8. The van der Waals surface area contributed by atoms with Gasteiger partial charge in [-0.25, -0.2) is 9.59 Å². The maximum absolute atomic E-state index is 14.5. The minimum Gasteiger partial charge on any atom is -0.495 e. The van der Waals surface area contributed by atoms with E-state index >= 15 is 0 Å². The fourth-order valence-electron chi connectivity index (χ4n) is 11.4. The monoisotopic (exact) mass is 1160 g/mol. The molecule has 2 aromatic rings. The molecule has 3 heterocycles. The molecule has 19 nitrogen and oxygen atoms in total.